The molecule has 0 unspecified atom stereocenters. The van der Waals surface area contributed by atoms with Gasteiger partial charge in [-0.3, -0.25) is 4.79 Å². The van der Waals surface area contributed by atoms with Crippen molar-refractivity contribution in [1.82, 2.24) is 4.98 Å². The Morgan fingerprint density at radius 1 is 1.23 bits per heavy atom. The van der Waals surface area contributed by atoms with Gasteiger partial charge in [0.25, 0.3) is 11.9 Å². The zero-order chi connectivity index (χ0) is 15.1. The summed E-state index contributed by atoms with van der Waals surface area (Å²) in [6.45, 7) is 0.0514. The lowest BCUT2D eigenvalue weighted by Gasteiger charge is -2.26. The number of likely N-dealkylation sites (N-methyl/N-ethyl adjacent to an activating group) is 1. The Hall–Kier alpha value is -3.02. The van der Waals surface area contributed by atoms with Crippen LogP contribution in [0.4, 0.5) is 17.4 Å². The largest absolute Gasteiger partial charge is 0.481 e. The van der Waals surface area contributed by atoms with Gasteiger partial charge in [-0.1, -0.05) is 12.1 Å². The first-order chi connectivity index (χ1) is 10.7. The number of nitrogens with zero attached hydrogens (tertiary/aromatic N) is 2. The highest BCUT2D eigenvalue weighted by Crippen LogP contribution is 2.34. The van der Waals surface area contributed by atoms with Crippen molar-refractivity contribution in [2.75, 3.05) is 23.9 Å². The van der Waals surface area contributed by atoms with Gasteiger partial charge < -0.3 is 19.4 Å². The van der Waals surface area contributed by atoms with E-state index in [1.165, 1.54) is 0 Å². The molecule has 0 radical (unpaired) electrons. The molecule has 0 fully saturated rings. The van der Waals surface area contributed by atoms with Gasteiger partial charge in [-0.05, 0) is 24.3 Å². The summed E-state index contributed by atoms with van der Waals surface area (Å²) in [5, 5.41) is 3.11. The normalized spacial score (nSPS) is 13.9. The summed E-state index contributed by atoms with van der Waals surface area (Å²) in [5.74, 6) is 0.593. The van der Waals surface area contributed by atoms with Crippen molar-refractivity contribution in [2.24, 2.45) is 0 Å². The molecule has 0 bridgehead atoms. The van der Waals surface area contributed by atoms with E-state index in [1.54, 1.807) is 11.9 Å². The number of ether oxygens (including phenoxy) is 1. The number of oxazole rings is 1. The number of rotatable bonds is 2. The summed E-state index contributed by atoms with van der Waals surface area (Å²) < 4.78 is 11.1. The van der Waals surface area contributed by atoms with Gasteiger partial charge in [0.15, 0.2) is 12.2 Å². The number of para-hydroxylation sites is 2. The quantitative estimate of drug-likeness (QED) is 0.787. The van der Waals surface area contributed by atoms with E-state index < -0.39 is 0 Å². The molecule has 1 aromatic heterocycles. The fourth-order valence-electron chi connectivity index (χ4n) is 2.40. The van der Waals surface area contributed by atoms with E-state index in [-0.39, 0.29) is 12.5 Å². The van der Waals surface area contributed by atoms with Gasteiger partial charge in [-0.15, -0.1) is 0 Å². The maximum Gasteiger partial charge on any atom is 0.300 e. The third-order valence-corrected chi connectivity index (χ3v) is 3.59. The highest BCUT2D eigenvalue weighted by atomic mass is 16.5. The lowest BCUT2D eigenvalue weighted by atomic mass is 10.2. The summed E-state index contributed by atoms with van der Waals surface area (Å²) in [5.41, 5.74) is 3.06. The third-order valence-electron chi connectivity index (χ3n) is 3.59. The van der Waals surface area contributed by atoms with Crippen molar-refractivity contribution in [3.8, 4) is 5.75 Å². The van der Waals surface area contributed by atoms with Crippen LogP contribution in [0.3, 0.4) is 0 Å². The first-order valence-electron chi connectivity index (χ1n) is 6.87. The number of aromatic nitrogens is 1. The fraction of sp³-hybridized carbons (Fsp3) is 0.125. The van der Waals surface area contributed by atoms with Crippen LogP contribution in [0, 0.1) is 0 Å². The second-order valence-corrected chi connectivity index (χ2v) is 5.04. The first-order valence-corrected chi connectivity index (χ1v) is 6.87. The molecule has 2 aromatic carbocycles. The predicted octanol–water partition coefficient (Wildman–Crippen LogP) is 2.93. The van der Waals surface area contributed by atoms with E-state index in [4.69, 9.17) is 9.15 Å². The van der Waals surface area contributed by atoms with Gasteiger partial charge in [-0.2, -0.15) is 4.98 Å². The Morgan fingerprint density at radius 3 is 2.95 bits per heavy atom. The average Bonchev–Trinajstić information content (AvgIpc) is 2.93. The van der Waals surface area contributed by atoms with Crippen LogP contribution in [0.25, 0.3) is 11.1 Å². The van der Waals surface area contributed by atoms with E-state index in [1.807, 2.05) is 42.5 Å². The van der Waals surface area contributed by atoms with Crippen LogP contribution in [-0.4, -0.2) is 24.5 Å². The standard InChI is InChI=1S/C16H13N3O3/c1-19-12-7-6-10(8-14(12)21-9-15(19)20)17-16-18-11-4-2-3-5-13(11)22-16/h2-8H,9H2,1H3,(H,17,18). The molecule has 0 aliphatic carbocycles. The molecular formula is C16H13N3O3. The predicted molar refractivity (Wildman–Crippen MR) is 82.6 cm³/mol. The number of hydrogen-bond acceptors (Lipinski definition) is 5. The van der Waals surface area contributed by atoms with Crippen LogP contribution in [0.15, 0.2) is 46.9 Å². The summed E-state index contributed by atoms with van der Waals surface area (Å²) in [4.78, 5) is 17.5. The third kappa shape index (κ3) is 2.05. The van der Waals surface area contributed by atoms with Crippen LogP contribution in [-0.2, 0) is 4.79 Å². The molecule has 4 rings (SSSR count). The molecule has 1 amide bonds. The number of carbonyl (C=O) groups excluding carboxylic acids is 1. The number of nitrogens with one attached hydrogen (secondary N) is 1. The van der Waals surface area contributed by atoms with Crippen LogP contribution in [0.5, 0.6) is 5.75 Å². The molecule has 110 valence electrons. The SMILES string of the molecule is CN1C(=O)COc2cc(Nc3nc4ccccc4o3)ccc21. The van der Waals surface area contributed by atoms with Gasteiger partial charge in [-0.25, -0.2) is 0 Å². The van der Waals surface area contributed by atoms with Crippen molar-refractivity contribution in [3.63, 3.8) is 0 Å². The molecule has 0 saturated carbocycles. The number of benzene rings is 2. The van der Waals surface area contributed by atoms with E-state index in [0.29, 0.717) is 11.8 Å². The minimum Gasteiger partial charge on any atom is -0.481 e. The summed E-state index contributed by atoms with van der Waals surface area (Å²) in [6.07, 6.45) is 0. The van der Waals surface area contributed by atoms with Gasteiger partial charge in [0, 0.05) is 18.8 Å². The van der Waals surface area contributed by atoms with Crippen molar-refractivity contribution >= 4 is 34.4 Å². The maximum absolute atomic E-state index is 11.6. The smallest absolute Gasteiger partial charge is 0.300 e. The van der Waals surface area contributed by atoms with Crippen molar-refractivity contribution in [2.45, 2.75) is 0 Å². The van der Waals surface area contributed by atoms with Gasteiger partial charge in [0.1, 0.15) is 11.3 Å². The highest BCUT2D eigenvalue weighted by Gasteiger charge is 2.22. The van der Waals surface area contributed by atoms with Crippen LogP contribution in [0.2, 0.25) is 0 Å². The Labute approximate surface area is 126 Å². The zero-order valence-electron chi connectivity index (χ0n) is 11.9. The molecule has 6 nitrogen and oxygen atoms in total. The minimum atomic E-state index is -0.0628. The zero-order valence-corrected chi connectivity index (χ0v) is 11.9. The Morgan fingerprint density at radius 2 is 2.09 bits per heavy atom. The molecule has 1 aliphatic heterocycles. The molecule has 3 aromatic rings. The van der Waals surface area contributed by atoms with E-state index in [0.717, 1.165) is 22.5 Å². The summed E-state index contributed by atoms with van der Waals surface area (Å²) >= 11 is 0. The topological polar surface area (TPSA) is 67.6 Å². The number of amides is 1. The molecule has 2 heterocycles. The monoisotopic (exact) mass is 295 g/mol. The van der Waals surface area contributed by atoms with Gasteiger partial charge in [0.05, 0.1) is 5.69 Å². The number of anilines is 3. The summed E-state index contributed by atoms with van der Waals surface area (Å²) in [7, 11) is 1.73. The van der Waals surface area contributed by atoms with Crippen molar-refractivity contribution < 1.29 is 13.9 Å². The van der Waals surface area contributed by atoms with Crippen LogP contribution < -0.4 is 15.0 Å². The lowest BCUT2D eigenvalue weighted by molar-refractivity contribution is -0.120. The Bertz CT molecular complexity index is 839. The van der Waals surface area contributed by atoms with E-state index in [9.17, 15) is 4.79 Å². The molecule has 0 spiro atoms. The van der Waals surface area contributed by atoms with E-state index in [2.05, 4.69) is 10.3 Å². The Kier molecular flexibility index (Phi) is 2.75. The number of hydrogen-bond donors (Lipinski definition) is 1. The van der Waals surface area contributed by atoms with Gasteiger partial charge >= 0.3 is 0 Å². The first kappa shape index (κ1) is 12.7. The molecule has 22 heavy (non-hydrogen) atoms. The second kappa shape index (κ2) is 4.77. The lowest BCUT2D eigenvalue weighted by Crippen LogP contribution is -2.35. The molecule has 0 saturated heterocycles. The molecular weight excluding hydrogens is 282 g/mol. The van der Waals surface area contributed by atoms with Crippen LogP contribution >= 0.6 is 0 Å². The minimum absolute atomic E-state index is 0.0514. The summed E-state index contributed by atoms with van der Waals surface area (Å²) in [6, 6.07) is 13.5. The highest BCUT2D eigenvalue weighted by molar-refractivity contribution is 5.97. The fourth-order valence-corrected chi connectivity index (χ4v) is 2.40. The average molecular weight is 295 g/mol. The van der Waals surface area contributed by atoms with Crippen molar-refractivity contribution in [1.29, 1.82) is 0 Å². The molecule has 0 atom stereocenters. The molecule has 1 aliphatic rings. The second-order valence-electron chi connectivity index (χ2n) is 5.04. The van der Waals surface area contributed by atoms with Crippen molar-refractivity contribution in [3.05, 3.63) is 42.5 Å². The molecule has 6 heteroatoms. The maximum atomic E-state index is 11.6. The van der Waals surface area contributed by atoms with Crippen LogP contribution in [0.1, 0.15) is 0 Å². The number of fused-ring (bicyclic) bond motifs is 2. The van der Waals surface area contributed by atoms with Gasteiger partial charge in [0.2, 0.25) is 0 Å². The van der Waals surface area contributed by atoms with E-state index >= 15 is 0 Å². The molecule has 1 N–H and O–H groups in total. The number of carbonyl (C=O) groups is 1. The Balaban J connectivity index is 1.65.